The maximum Gasteiger partial charge on any atom is 0.409 e. The Morgan fingerprint density at radius 1 is 1.11 bits per heavy atom. The molecule has 0 unspecified atom stereocenters. The molecule has 1 rings (SSSR count). The molecular weight excluding hydrogens is 284 g/mol. The third-order valence-electron chi connectivity index (χ3n) is 2.72. The zero-order valence-electron chi connectivity index (χ0n) is 9.25. The number of hydrogen-bond acceptors (Lipinski definition) is 2. The van der Waals surface area contributed by atoms with E-state index < -0.39 is 42.7 Å². The lowest BCUT2D eigenvalue weighted by atomic mass is 10.1. The number of halogens is 6. The van der Waals surface area contributed by atoms with Crippen LogP contribution < -0.4 is 0 Å². The van der Waals surface area contributed by atoms with Crippen LogP contribution in [0.4, 0.5) is 26.3 Å². The topological polar surface area (TPSA) is 57.6 Å². The summed E-state index contributed by atoms with van der Waals surface area (Å²) in [6.07, 6.45) is -11.7. The first-order valence-corrected chi connectivity index (χ1v) is 5.13. The van der Waals surface area contributed by atoms with Gasteiger partial charge in [0.1, 0.15) is 6.04 Å². The van der Waals surface area contributed by atoms with Crippen molar-refractivity contribution in [1.82, 2.24) is 4.90 Å². The van der Waals surface area contributed by atoms with Gasteiger partial charge in [0, 0.05) is 6.54 Å². The van der Waals surface area contributed by atoms with E-state index in [1.54, 1.807) is 0 Å². The van der Waals surface area contributed by atoms with Crippen molar-refractivity contribution in [2.75, 3.05) is 6.54 Å². The summed E-state index contributed by atoms with van der Waals surface area (Å²) in [4.78, 5) is 22.2. The predicted molar refractivity (Wildman–Crippen MR) is 48.0 cm³/mol. The van der Waals surface area contributed by atoms with Gasteiger partial charge in [0.2, 0.25) is 11.8 Å². The van der Waals surface area contributed by atoms with Gasteiger partial charge in [-0.2, -0.15) is 26.3 Å². The molecule has 110 valence electrons. The highest BCUT2D eigenvalue weighted by atomic mass is 19.4. The molecule has 1 N–H and O–H groups in total. The molecule has 0 aliphatic carbocycles. The quantitative estimate of drug-likeness (QED) is 0.790. The summed E-state index contributed by atoms with van der Waals surface area (Å²) in [5, 5.41) is 8.66. The van der Waals surface area contributed by atoms with Crippen LogP contribution in [0.15, 0.2) is 0 Å². The lowest BCUT2D eigenvalue weighted by Gasteiger charge is -2.29. The van der Waals surface area contributed by atoms with Crippen molar-refractivity contribution in [2.45, 2.75) is 31.2 Å². The fourth-order valence-electron chi connectivity index (χ4n) is 1.92. The Labute approximate surface area is 103 Å². The summed E-state index contributed by atoms with van der Waals surface area (Å²) in [7, 11) is 0. The molecule has 0 aromatic carbocycles. The van der Waals surface area contributed by atoms with Crippen LogP contribution in [0, 0.1) is 5.92 Å². The molecule has 0 aromatic heterocycles. The molecule has 1 amide bonds. The zero-order valence-corrected chi connectivity index (χ0v) is 9.25. The van der Waals surface area contributed by atoms with Gasteiger partial charge in [-0.15, -0.1) is 0 Å². The minimum Gasteiger partial charge on any atom is -0.480 e. The number of amides is 1. The second-order valence-electron chi connectivity index (χ2n) is 4.04. The third kappa shape index (κ3) is 3.29. The number of nitrogens with zero attached hydrogens (tertiary/aromatic N) is 1. The highest BCUT2D eigenvalue weighted by Crippen LogP contribution is 2.41. The Morgan fingerprint density at radius 3 is 1.95 bits per heavy atom. The van der Waals surface area contributed by atoms with Gasteiger partial charge in [0.05, 0.1) is 0 Å². The zero-order chi connectivity index (χ0) is 15.0. The van der Waals surface area contributed by atoms with Crippen LogP contribution in [0.25, 0.3) is 0 Å². The molecule has 0 saturated carbocycles. The van der Waals surface area contributed by atoms with Crippen molar-refractivity contribution in [3.8, 4) is 0 Å². The van der Waals surface area contributed by atoms with Crippen molar-refractivity contribution >= 4 is 11.9 Å². The first-order chi connectivity index (χ1) is 8.46. The Morgan fingerprint density at radius 2 is 1.58 bits per heavy atom. The highest BCUT2D eigenvalue weighted by molar-refractivity contribution is 5.86. The minimum atomic E-state index is -5.80. The summed E-state index contributed by atoms with van der Waals surface area (Å²) >= 11 is 0. The Hall–Kier alpha value is -1.48. The van der Waals surface area contributed by atoms with Crippen molar-refractivity contribution in [3.63, 3.8) is 0 Å². The van der Waals surface area contributed by atoms with E-state index in [-0.39, 0.29) is 17.7 Å². The molecule has 1 saturated heterocycles. The van der Waals surface area contributed by atoms with Crippen LogP contribution in [0.5, 0.6) is 0 Å². The van der Waals surface area contributed by atoms with E-state index in [1.165, 1.54) is 0 Å². The molecule has 1 fully saturated rings. The molecule has 0 radical (unpaired) electrons. The number of likely N-dealkylation sites (tertiary alicyclic amines) is 1. The second kappa shape index (κ2) is 4.89. The van der Waals surface area contributed by atoms with Gasteiger partial charge in [0.25, 0.3) is 0 Å². The fraction of sp³-hybridized carbons (Fsp3) is 0.778. The first kappa shape index (κ1) is 15.6. The number of carboxylic acids is 1. The van der Waals surface area contributed by atoms with Crippen LogP contribution in [0.3, 0.4) is 0 Å². The summed E-state index contributed by atoms with van der Waals surface area (Å²) in [5.41, 5.74) is 0. The number of hydrogen-bond donors (Lipinski definition) is 1. The van der Waals surface area contributed by atoms with Gasteiger partial charge in [-0.05, 0) is 12.8 Å². The van der Waals surface area contributed by atoms with Gasteiger partial charge < -0.3 is 10.0 Å². The van der Waals surface area contributed by atoms with E-state index in [0.29, 0.717) is 0 Å². The average Bonchev–Trinajstić information content (AvgIpc) is 2.59. The van der Waals surface area contributed by atoms with E-state index in [2.05, 4.69) is 0 Å². The molecule has 1 aliphatic heterocycles. The van der Waals surface area contributed by atoms with Gasteiger partial charge in [-0.1, -0.05) is 0 Å². The second-order valence-corrected chi connectivity index (χ2v) is 4.04. The Balaban J connectivity index is 3.04. The van der Waals surface area contributed by atoms with Gasteiger partial charge in [0.15, 0.2) is 0 Å². The lowest BCUT2D eigenvalue weighted by molar-refractivity contribution is -0.277. The first-order valence-electron chi connectivity index (χ1n) is 5.13. The van der Waals surface area contributed by atoms with Crippen LogP contribution in [-0.4, -0.2) is 46.8 Å². The van der Waals surface area contributed by atoms with Crippen molar-refractivity contribution < 1.29 is 41.0 Å². The number of aliphatic carboxylic acids is 1. The largest absolute Gasteiger partial charge is 0.480 e. The summed E-state index contributed by atoms with van der Waals surface area (Å²) < 4.78 is 74.0. The van der Waals surface area contributed by atoms with Crippen LogP contribution in [-0.2, 0) is 9.59 Å². The number of carbonyl (C=O) groups excluding carboxylic acids is 1. The van der Waals surface area contributed by atoms with Crippen molar-refractivity contribution in [3.05, 3.63) is 0 Å². The summed E-state index contributed by atoms with van der Waals surface area (Å²) in [6.45, 7) is -0.432. The molecular formula is C9H9F6NO3. The maximum atomic E-state index is 12.3. The van der Waals surface area contributed by atoms with E-state index in [0.717, 1.165) is 0 Å². The van der Waals surface area contributed by atoms with Crippen LogP contribution >= 0.6 is 0 Å². The highest BCUT2D eigenvalue weighted by Gasteiger charge is 2.63. The minimum absolute atomic E-state index is 0.0468. The van der Waals surface area contributed by atoms with E-state index in [1.807, 2.05) is 0 Å². The third-order valence-corrected chi connectivity index (χ3v) is 2.72. The van der Waals surface area contributed by atoms with Crippen molar-refractivity contribution in [1.29, 1.82) is 0 Å². The molecule has 0 bridgehead atoms. The number of carboxylic acid groups (broad SMARTS) is 1. The lowest BCUT2D eigenvalue weighted by Crippen LogP contribution is -2.52. The van der Waals surface area contributed by atoms with Gasteiger partial charge in [-0.3, -0.25) is 4.79 Å². The molecule has 19 heavy (non-hydrogen) atoms. The van der Waals surface area contributed by atoms with E-state index in [9.17, 15) is 35.9 Å². The van der Waals surface area contributed by atoms with E-state index in [4.69, 9.17) is 5.11 Å². The Bertz CT molecular complexity index is 363. The number of rotatable bonds is 2. The molecule has 0 aromatic rings. The standard InChI is InChI=1S/C9H9F6NO3/c10-8(11,12)5(9(13,14)15)6(17)16-3-1-2-4(16)7(18)19/h4-5H,1-3H2,(H,18,19)/t4-/m1/s1. The van der Waals surface area contributed by atoms with Gasteiger partial charge >= 0.3 is 18.3 Å². The average molecular weight is 293 g/mol. The number of alkyl halides is 6. The summed E-state index contributed by atoms with van der Waals surface area (Å²) in [5.74, 6) is -8.06. The fourth-order valence-corrected chi connectivity index (χ4v) is 1.92. The number of carbonyl (C=O) groups is 2. The normalized spacial score (nSPS) is 21.0. The van der Waals surface area contributed by atoms with Gasteiger partial charge in [-0.25, -0.2) is 4.79 Å². The van der Waals surface area contributed by atoms with Crippen LogP contribution in [0.1, 0.15) is 12.8 Å². The van der Waals surface area contributed by atoms with Crippen LogP contribution in [0.2, 0.25) is 0 Å². The maximum absolute atomic E-state index is 12.3. The predicted octanol–water partition coefficient (Wildman–Crippen LogP) is 1.80. The summed E-state index contributed by atoms with van der Waals surface area (Å²) in [6, 6.07) is -1.64. The molecule has 4 nitrogen and oxygen atoms in total. The molecule has 1 atom stereocenters. The molecule has 1 aliphatic rings. The molecule has 10 heteroatoms. The smallest absolute Gasteiger partial charge is 0.409 e. The van der Waals surface area contributed by atoms with Crippen molar-refractivity contribution in [2.24, 2.45) is 5.92 Å². The molecule has 1 heterocycles. The van der Waals surface area contributed by atoms with E-state index >= 15 is 0 Å². The SMILES string of the molecule is O=C(O)[C@H]1CCCN1C(=O)C(C(F)(F)F)C(F)(F)F. The molecule has 0 spiro atoms. The monoisotopic (exact) mass is 293 g/mol. The Kier molecular flexibility index (Phi) is 4.01.